The Morgan fingerprint density at radius 2 is 1.89 bits per heavy atom. The number of rotatable bonds is 6. The molecule has 1 atom stereocenters. The molecule has 5 nitrogen and oxygen atoms in total. The van der Waals surface area contributed by atoms with E-state index in [0.717, 1.165) is 24.0 Å². The van der Waals surface area contributed by atoms with Crippen LogP contribution in [0.1, 0.15) is 34.8 Å². The first-order valence-electron chi connectivity index (χ1n) is 9.13. The van der Waals surface area contributed by atoms with E-state index in [9.17, 15) is 9.18 Å². The van der Waals surface area contributed by atoms with E-state index in [1.54, 1.807) is 12.1 Å². The summed E-state index contributed by atoms with van der Waals surface area (Å²) in [5, 5.41) is 10.9. The smallest absolute Gasteiger partial charge is 0.277 e. The van der Waals surface area contributed by atoms with E-state index in [-0.39, 0.29) is 17.8 Å². The zero-order valence-electron chi connectivity index (χ0n) is 15.6. The van der Waals surface area contributed by atoms with Crippen LogP contribution >= 0.6 is 11.8 Å². The van der Waals surface area contributed by atoms with E-state index >= 15 is 0 Å². The molecule has 0 aliphatic heterocycles. The van der Waals surface area contributed by atoms with Crippen LogP contribution in [0.3, 0.4) is 0 Å². The number of carbonyl (C=O) groups is 1. The average molecular weight is 397 g/mol. The Kier molecular flexibility index (Phi) is 5.17. The first-order chi connectivity index (χ1) is 13.5. The quantitative estimate of drug-likeness (QED) is 0.616. The molecule has 28 heavy (non-hydrogen) atoms. The Bertz CT molecular complexity index is 999. The second-order valence-electron chi connectivity index (χ2n) is 7.00. The average Bonchev–Trinajstić information content (AvgIpc) is 3.37. The first kappa shape index (κ1) is 18.7. The summed E-state index contributed by atoms with van der Waals surface area (Å²) in [7, 11) is 0. The molecule has 0 radical (unpaired) electrons. The molecule has 2 aromatic carbocycles. The number of carbonyl (C=O) groups excluding carboxylic acids is 1. The predicted octanol–water partition coefficient (Wildman–Crippen LogP) is 4.60. The Morgan fingerprint density at radius 3 is 2.57 bits per heavy atom. The third-order valence-electron chi connectivity index (χ3n) is 4.71. The van der Waals surface area contributed by atoms with Gasteiger partial charge in [-0.25, -0.2) is 4.39 Å². The van der Waals surface area contributed by atoms with Crippen LogP contribution in [0.2, 0.25) is 0 Å². The number of amides is 1. The number of aromatic nitrogens is 2. The van der Waals surface area contributed by atoms with Gasteiger partial charge in [0.1, 0.15) is 11.1 Å². The van der Waals surface area contributed by atoms with Gasteiger partial charge in [0.25, 0.3) is 5.22 Å². The minimum absolute atomic E-state index is 0.134. The number of benzene rings is 2. The van der Waals surface area contributed by atoms with Crippen molar-refractivity contribution < 1.29 is 13.6 Å². The van der Waals surface area contributed by atoms with Gasteiger partial charge in [0.05, 0.1) is 0 Å². The molecule has 0 saturated heterocycles. The van der Waals surface area contributed by atoms with E-state index in [4.69, 9.17) is 4.42 Å². The molecule has 3 aromatic rings. The van der Waals surface area contributed by atoms with Gasteiger partial charge in [-0.2, -0.15) is 0 Å². The molecule has 0 spiro atoms. The summed E-state index contributed by atoms with van der Waals surface area (Å²) in [5.41, 5.74) is 3.85. The minimum atomic E-state index is -0.589. The lowest BCUT2D eigenvalue weighted by Gasteiger charge is -2.14. The summed E-state index contributed by atoms with van der Waals surface area (Å²) in [4.78, 5) is 12.7. The van der Waals surface area contributed by atoms with Crippen molar-refractivity contribution >= 4 is 17.7 Å². The topological polar surface area (TPSA) is 68.0 Å². The number of halogens is 1. The number of hydrogen-bond donors (Lipinski definition) is 1. The maximum atomic E-state index is 13.3. The fourth-order valence-electron chi connectivity index (χ4n) is 2.76. The molecule has 1 amide bonds. The molecule has 1 unspecified atom stereocenters. The van der Waals surface area contributed by atoms with E-state index in [0.29, 0.717) is 16.7 Å². The van der Waals surface area contributed by atoms with E-state index in [1.807, 2.05) is 32.0 Å². The second kappa shape index (κ2) is 7.75. The lowest BCUT2D eigenvalue weighted by atomic mass is 10.1. The summed E-state index contributed by atoms with van der Waals surface area (Å²) in [6, 6.07) is 12.1. The molecule has 1 fully saturated rings. The third-order valence-corrected chi connectivity index (χ3v) is 5.80. The van der Waals surface area contributed by atoms with Gasteiger partial charge in [-0.3, -0.25) is 4.79 Å². The molecule has 1 heterocycles. The summed E-state index contributed by atoms with van der Waals surface area (Å²) in [5.74, 6) is -0.0685. The van der Waals surface area contributed by atoms with Gasteiger partial charge in [-0.1, -0.05) is 18.2 Å². The molecular formula is C21H20FN3O2S. The standard InChI is InChI=1S/C21H20FN3O2S/c1-12-3-4-15(11-13(12)2)20-24-25-21(27-20)28-18(19(26)23-17-9-10-17)14-5-7-16(22)8-6-14/h3-8,11,17-18H,9-10H2,1-2H3,(H,23,26). The Balaban J connectivity index is 1.57. The zero-order valence-corrected chi connectivity index (χ0v) is 16.4. The van der Waals surface area contributed by atoms with Crippen molar-refractivity contribution in [3.8, 4) is 11.5 Å². The summed E-state index contributed by atoms with van der Waals surface area (Å²) in [6.07, 6.45) is 1.98. The maximum Gasteiger partial charge on any atom is 0.277 e. The minimum Gasteiger partial charge on any atom is -0.411 e. The lowest BCUT2D eigenvalue weighted by Crippen LogP contribution is -2.29. The highest BCUT2D eigenvalue weighted by Crippen LogP contribution is 2.37. The van der Waals surface area contributed by atoms with Gasteiger partial charge >= 0.3 is 0 Å². The molecule has 1 aromatic heterocycles. The fourth-order valence-corrected chi connectivity index (χ4v) is 3.65. The number of thioether (sulfide) groups is 1. The van der Waals surface area contributed by atoms with E-state index in [1.165, 1.54) is 29.5 Å². The van der Waals surface area contributed by atoms with Crippen molar-refractivity contribution in [2.45, 2.75) is 43.2 Å². The van der Waals surface area contributed by atoms with Gasteiger partial charge in [-0.05, 0) is 79.4 Å². The van der Waals surface area contributed by atoms with E-state index in [2.05, 4.69) is 15.5 Å². The second-order valence-corrected chi connectivity index (χ2v) is 8.06. The number of nitrogens with one attached hydrogen (secondary N) is 1. The van der Waals surface area contributed by atoms with Crippen LogP contribution < -0.4 is 5.32 Å². The molecule has 7 heteroatoms. The maximum absolute atomic E-state index is 13.3. The van der Waals surface area contributed by atoms with Crippen molar-refractivity contribution in [1.29, 1.82) is 0 Å². The molecule has 0 bridgehead atoms. The van der Waals surface area contributed by atoms with Crippen molar-refractivity contribution in [2.24, 2.45) is 0 Å². The highest BCUT2D eigenvalue weighted by molar-refractivity contribution is 8.00. The van der Waals surface area contributed by atoms with Crippen LogP contribution in [0.25, 0.3) is 11.5 Å². The molecule has 1 saturated carbocycles. The largest absolute Gasteiger partial charge is 0.411 e. The van der Waals surface area contributed by atoms with Crippen LogP contribution in [0.4, 0.5) is 4.39 Å². The SMILES string of the molecule is Cc1ccc(-c2nnc(SC(C(=O)NC3CC3)c3ccc(F)cc3)o2)cc1C. The van der Waals surface area contributed by atoms with E-state index < -0.39 is 5.25 Å². The molecule has 144 valence electrons. The summed E-state index contributed by atoms with van der Waals surface area (Å²) in [6.45, 7) is 4.07. The number of hydrogen-bond acceptors (Lipinski definition) is 5. The lowest BCUT2D eigenvalue weighted by molar-refractivity contribution is -0.120. The normalized spacial score (nSPS) is 14.7. The highest BCUT2D eigenvalue weighted by atomic mass is 32.2. The van der Waals surface area contributed by atoms with Crippen molar-refractivity contribution in [3.63, 3.8) is 0 Å². The Labute approximate surface area is 166 Å². The molecule has 1 aliphatic rings. The first-order valence-corrected chi connectivity index (χ1v) is 10.0. The van der Waals surface area contributed by atoms with Crippen molar-refractivity contribution in [2.75, 3.05) is 0 Å². The molecule has 4 rings (SSSR count). The summed E-state index contributed by atoms with van der Waals surface area (Å²) >= 11 is 1.17. The van der Waals surface area contributed by atoms with Crippen molar-refractivity contribution in [1.82, 2.24) is 15.5 Å². The molecular weight excluding hydrogens is 377 g/mol. The van der Waals surface area contributed by atoms with Gasteiger partial charge in [0, 0.05) is 11.6 Å². The van der Waals surface area contributed by atoms with Gasteiger partial charge in [-0.15, -0.1) is 10.2 Å². The van der Waals surface area contributed by atoms with Gasteiger partial charge in [0.2, 0.25) is 11.8 Å². The van der Waals surface area contributed by atoms with Gasteiger partial charge < -0.3 is 9.73 Å². The van der Waals surface area contributed by atoms with Gasteiger partial charge in [0.15, 0.2) is 0 Å². The fraction of sp³-hybridized carbons (Fsp3) is 0.286. The number of nitrogens with zero attached hydrogens (tertiary/aromatic N) is 2. The highest BCUT2D eigenvalue weighted by Gasteiger charge is 2.30. The predicted molar refractivity (Wildman–Crippen MR) is 105 cm³/mol. The van der Waals surface area contributed by atoms with Crippen LogP contribution in [-0.2, 0) is 4.79 Å². The third kappa shape index (κ3) is 4.25. The Morgan fingerprint density at radius 1 is 1.14 bits per heavy atom. The summed E-state index contributed by atoms with van der Waals surface area (Å²) < 4.78 is 19.1. The Hall–Kier alpha value is -2.67. The zero-order chi connectivity index (χ0) is 19.7. The van der Waals surface area contributed by atoms with Crippen LogP contribution in [-0.4, -0.2) is 22.1 Å². The van der Waals surface area contributed by atoms with Crippen LogP contribution in [0.5, 0.6) is 0 Å². The van der Waals surface area contributed by atoms with Crippen molar-refractivity contribution in [3.05, 3.63) is 65.0 Å². The molecule has 1 N–H and O–H groups in total. The number of aryl methyl sites for hydroxylation is 2. The monoisotopic (exact) mass is 397 g/mol. The van der Waals surface area contributed by atoms with Crippen LogP contribution in [0, 0.1) is 19.7 Å². The van der Waals surface area contributed by atoms with Crippen LogP contribution in [0.15, 0.2) is 52.1 Å². The molecule has 1 aliphatic carbocycles.